The predicted molar refractivity (Wildman–Crippen MR) is 115 cm³/mol. The zero-order valence-corrected chi connectivity index (χ0v) is 19.2. The van der Waals surface area contributed by atoms with Gasteiger partial charge in [0.25, 0.3) is 5.91 Å². The molecule has 1 aromatic heterocycles. The first-order chi connectivity index (χ1) is 14.1. The Hall–Kier alpha value is -2.51. The van der Waals surface area contributed by atoms with Crippen molar-refractivity contribution in [2.24, 2.45) is 0 Å². The molecule has 3 amide bonds. The zero-order valence-electron chi connectivity index (χ0n) is 19.2. The van der Waals surface area contributed by atoms with Crippen LogP contribution in [0.15, 0.2) is 18.3 Å². The molecule has 0 aromatic carbocycles. The van der Waals surface area contributed by atoms with E-state index in [1.54, 1.807) is 22.9 Å². The van der Waals surface area contributed by atoms with Gasteiger partial charge in [-0.25, -0.2) is 4.79 Å². The molecule has 0 radical (unpaired) electrons. The molecule has 1 fully saturated rings. The van der Waals surface area contributed by atoms with Crippen LogP contribution in [-0.4, -0.2) is 82.5 Å². The molecule has 1 saturated heterocycles. The molecule has 0 N–H and O–H groups in total. The quantitative estimate of drug-likeness (QED) is 0.709. The molecule has 0 atom stereocenters. The van der Waals surface area contributed by atoms with Gasteiger partial charge in [0.15, 0.2) is 0 Å². The maximum atomic E-state index is 13.0. The highest BCUT2D eigenvalue weighted by atomic mass is 16.6. The highest BCUT2D eigenvalue weighted by Gasteiger charge is 2.29. The van der Waals surface area contributed by atoms with Crippen molar-refractivity contribution in [2.45, 2.75) is 59.1 Å². The lowest BCUT2D eigenvalue weighted by Gasteiger charge is -2.34. The molecule has 0 saturated carbocycles. The Morgan fingerprint density at radius 3 is 2.27 bits per heavy atom. The summed E-state index contributed by atoms with van der Waals surface area (Å²) in [6.07, 6.45) is 3.10. The van der Waals surface area contributed by atoms with E-state index in [9.17, 15) is 14.4 Å². The van der Waals surface area contributed by atoms with Crippen LogP contribution in [0.5, 0.6) is 0 Å². The zero-order chi connectivity index (χ0) is 22.5. The van der Waals surface area contributed by atoms with E-state index in [1.807, 2.05) is 51.4 Å². The lowest BCUT2D eigenvalue weighted by molar-refractivity contribution is -0.131. The van der Waals surface area contributed by atoms with Crippen LogP contribution in [0.2, 0.25) is 0 Å². The molecule has 2 heterocycles. The third kappa shape index (κ3) is 6.00. The summed E-state index contributed by atoms with van der Waals surface area (Å²) in [7, 11) is 1.66. The highest BCUT2D eigenvalue weighted by molar-refractivity contribution is 5.95. The number of carbonyl (C=O) groups excluding carboxylic acids is 3. The molecule has 8 heteroatoms. The van der Waals surface area contributed by atoms with Gasteiger partial charge in [0.1, 0.15) is 11.3 Å². The summed E-state index contributed by atoms with van der Waals surface area (Å²) in [4.78, 5) is 42.5. The van der Waals surface area contributed by atoms with Gasteiger partial charge in [-0.1, -0.05) is 0 Å². The number of amides is 3. The molecule has 0 unspecified atom stereocenters. The maximum Gasteiger partial charge on any atom is 0.410 e. The van der Waals surface area contributed by atoms with Gasteiger partial charge in [-0.2, -0.15) is 0 Å². The summed E-state index contributed by atoms with van der Waals surface area (Å²) in [5.41, 5.74) is 0.0572. The second kappa shape index (κ2) is 10.00. The summed E-state index contributed by atoms with van der Waals surface area (Å²) in [5, 5.41) is 0. The fraction of sp³-hybridized carbons (Fsp3) is 0.682. The topological polar surface area (TPSA) is 75.1 Å². The van der Waals surface area contributed by atoms with Crippen molar-refractivity contribution in [1.29, 1.82) is 0 Å². The molecule has 0 bridgehead atoms. The first-order valence-electron chi connectivity index (χ1n) is 10.7. The molecule has 1 aliphatic rings. The highest BCUT2D eigenvalue weighted by Crippen LogP contribution is 2.26. The summed E-state index contributed by atoms with van der Waals surface area (Å²) in [6, 6.07) is 3.78. The molecular weight excluding hydrogens is 384 g/mol. The number of nitrogens with zero attached hydrogens (tertiary/aromatic N) is 4. The summed E-state index contributed by atoms with van der Waals surface area (Å²) in [5.74, 6) is -0.227. The normalized spacial score (nSPS) is 15.1. The van der Waals surface area contributed by atoms with Crippen LogP contribution in [0.25, 0.3) is 0 Å². The predicted octanol–water partition coefficient (Wildman–Crippen LogP) is 3.00. The first-order valence-corrected chi connectivity index (χ1v) is 10.7. The SMILES string of the molecule is CCN(CC)C(=O)CN(C)C(=O)c1cccn1C1CCN(C(=O)OC(C)(C)C)CC1. The van der Waals surface area contributed by atoms with Crippen LogP contribution in [0.4, 0.5) is 4.79 Å². The number of aromatic nitrogens is 1. The maximum absolute atomic E-state index is 13.0. The Morgan fingerprint density at radius 2 is 1.73 bits per heavy atom. The first kappa shape index (κ1) is 23.8. The van der Waals surface area contributed by atoms with E-state index in [2.05, 4.69) is 0 Å². The van der Waals surface area contributed by atoms with Gasteiger partial charge in [0.05, 0.1) is 6.54 Å². The van der Waals surface area contributed by atoms with Crippen molar-refractivity contribution in [2.75, 3.05) is 39.8 Å². The minimum absolute atomic E-state index is 0.0559. The van der Waals surface area contributed by atoms with Crippen LogP contribution in [-0.2, 0) is 9.53 Å². The van der Waals surface area contributed by atoms with E-state index in [0.29, 0.717) is 31.9 Å². The molecule has 1 aliphatic heterocycles. The number of hydrogen-bond donors (Lipinski definition) is 0. The van der Waals surface area contributed by atoms with Crippen molar-refractivity contribution in [3.63, 3.8) is 0 Å². The van der Waals surface area contributed by atoms with E-state index in [0.717, 1.165) is 12.8 Å². The molecule has 8 nitrogen and oxygen atoms in total. The number of hydrogen-bond acceptors (Lipinski definition) is 4. The Labute approximate surface area is 179 Å². The fourth-order valence-corrected chi connectivity index (χ4v) is 3.69. The average molecular weight is 421 g/mol. The van der Waals surface area contributed by atoms with Crippen LogP contribution in [0.3, 0.4) is 0 Å². The van der Waals surface area contributed by atoms with Crippen LogP contribution < -0.4 is 0 Å². The number of carbonyl (C=O) groups is 3. The van der Waals surface area contributed by atoms with Gasteiger partial charge < -0.3 is 24.0 Å². The number of piperidine rings is 1. The third-order valence-corrected chi connectivity index (χ3v) is 5.34. The van der Waals surface area contributed by atoms with Gasteiger partial charge in [-0.3, -0.25) is 9.59 Å². The van der Waals surface area contributed by atoms with Crippen LogP contribution in [0, 0.1) is 0 Å². The minimum Gasteiger partial charge on any atom is -0.444 e. The Balaban J connectivity index is 1.99. The van der Waals surface area contributed by atoms with E-state index in [4.69, 9.17) is 4.74 Å². The van der Waals surface area contributed by atoms with Crippen molar-refractivity contribution in [3.05, 3.63) is 24.0 Å². The lowest BCUT2D eigenvalue weighted by Crippen LogP contribution is -2.43. The Kier molecular flexibility index (Phi) is 7.92. The van der Waals surface area contributed by atoms with Gasteiger partial charge in [-0.15, -0.1) is 0 Å². The second-order valence-corrected chi connectivity index (χ2v) is 8.73. The average Bonchev–Trinajstić information content (AvgIpc) is 3.16. The number of rotatable bonds is 6. The van der Waals surface area contributed by atoms with Gasteiger partial charge in [0, 0.05) is 45.5 Å². The number of ether oxygens (including phenoxy) is 1. The Bertz CT molecular complexity index is 741. The van der Waals surface area contributed by atoms with Crippen molar-refractivity contribution < 1.29 is 19.1 Å². The van der Waals surface area contributed by atoms with E-state index in [-0.39, 0.29) is 30.5 Å². The van der Waals surface area contributed by atoms with E-state index < -0.39 is 5.60 Å². The summed E-state index contributed by atoms with van der Waals surface area (Å²) >= 11 is 0. The molecule has 2 rings (SSSR count). The minimum atomic E-state index is -0.513. The third-order valence-electron chi connectivity index (χ3n) is 5.34. The van der Waals surface area contributed by atoms with Gasteiger partial charge >= 0.3 is 6.09 Å². The lowest BCUT2D eigenvalue weighted by atomic mass is 10.0. The number of likely N-dealkylation sites (N-methyl/N-ethyl adjacent to an activating group) is 2. The second-order valence-electron chi connectivity index (χ2n) is 8.73. The van der Waals surface area contributed by atoms with Crippen LogP contribution >= 0.6 is 0 Å². The van der Waals surface area contributed by atoms with Gasteiger partial charge in [-0.05, 0) is 59.6 Å². The fourth-order valence-electron chi connectivity index (χ4n) is 3.69. The van der Waals surface area contributed by atoms with E-state index >= 15 is 0 Å². The van der Waals surface area contributed by atoms with Crippen molar-refractivity contribution in [3.8, 4) is 0 Å². The van der Waals surface area contributed by atoms with Crippen molar-refractivity contribution >= 4 is 17.9 Å². The number of likely N-dealkylation sites (tertiary alicyclic amines) is 1. The molecule has 0 aliphatic carbocycles. The molecular formula is C22H36N4O4. The molecule has 1 aromatic rings. The molecule has 168 valence electrons. The smallest absolute Gasteiger partial charge is 0.410 e. The van der Waals surface area contributed by atoms with E-state index in [1.165, 1.54) is 4.90 Å². The summed E-state index contributed by atoms with van der Waals surface area (Å²) < 4.78 is 7.43. The van der Waals surface area contributed by atoms with Gasteiger partial charge in [0.2, 0.25) is 5.91 Å². The molecule has 0 spiro atoms. The molecule has 30 heavy (non-hydrogen) atoms. The standard InChI is InChI=1S/C22H36N4O4/c1-7-24(8-2)19(27)16-23(6)20(28)18-10-9-13-26(18)17-11-14-25(15-12-17)21(29)30-22(3,4)5/h9-10,13,17H,7-8,11-12,14-16H2,1-6H3. The Morgan fingerprint density at radius 1 is 1.13 bits per heavy atom. The summed E-state index contributed by atoms with van der Waals surface area (Å²) in [6.45, 7) is 11.9. The van der Waals surface area contributed by atoms with Crippen LogP contribution in [0.1, 0.15) is 64.0 Å². The van der Waals surface area contributed by atoms with Crippen molar-refractivity contribution in [1.82, 2.24) is 19.3 Å². The monoisotopic (exact) mass is 420 g/mol. The largest absolute Gasteiger partial charge is 0.444 e.